The minimum absolute atomic E-state index is 0.0555. The number of nitrogens with zero attached hydrogens (tertiary/aromatic N) is 2. The van der Waals surface area contributed by atoms with Crippen LogP contribution in [0.4, 0.5) is 0 Å². The van der Waals surface area contributed by atoms with E-state index in [1.807, 2.05) is 12.3 Å². The molecule has 0 saturated heterocycles. The Hall–Kier alpha value is -1.64. The van der Waals surface area contributed by atoms with Crippen molar-refractivity contribution in [3.63, 3.8) is 0 Å². The van der Waals surface area contributed by atoms with Crippen molar-refractivity contribution in [1.82, 2.24) is 4.98 Å². The standard InChI is InChI=1S/C11H13N3/c1-11(4-6-14-10(12)7-11)9-3-2-5-13-8-9/h2-6,8H,7H2,1H3,(H2,12,14). The lowest BCUT2D eigenvalue weighted by Crippen LogP contribution is -2.29. The van der Waals surface area contributed by atoms with E-state index in [-0.39, 0.29) is 5.41 Å². The van der Waals surface area contributed by atoms with E-state index in [1.165, 1.54) is 5.56 Å². The molecule has 2 N–H and O–H groups in total. The lowest BCUT2D eigenvalue weighted by Gasteiger charge is -2.27. The Morgan fingerprint density at radius 1 is 1.50 bits per heavy atom. The quantitative estimate of drug-likeness (QED) is 0.726. The number of amidine groups is 1. The maximum atomic E-state index is 5.73. The predicted molar refractivity (Wildman–Crippen MR) is 57.0 cm³/mol. The second-order valence-electron chi connectivity index (χ2n) is 3.77. The van der Waals surface area contributed by atoms with Gasteiger partial charge in [0.2, 0.25) is 0 Å². The van der Waals surface area contributed by atoms with Crippen LogP contribution in [0.2, 0.25) is 0 Å². The lowest BCUT2D eigenvalue weighted by atomic mass is 9.79. The number of hydrogen-bond donors (Lipinski definition) is 1. The third kappa shape index (κ3) is 1.53. The molecule has 1 aliphatic heterocycles. The van der Waals surface area contributed by atoms with Gasteiger partial charge in [-0.1, -0.05) is 19.1 Å². The van der Waals surface area contributed by atoms with E-state index < -0.39 is 0 Å². The molecule has 2 rings (SSSR count). The zero-order chi connectivity index (χ0) is 10.0. The SMILES string of the molecule is CC1(c2cccnc2)C=CN=C(N)C1. The van der Waals surface area contributed by atoms with Crippen molar-refractivity contribution in [3.8, 4) is 0 Å². The number of aliphatic imine (C=N–C) groups is 1. The van der Waals surface area contributed by atoms with Crippen LogP contribution in [-0.2, 0) is 5.41 Å². The largest absolute Gasteiger partial charge is 0.387 e. The van der Waals surface area contributed by atoms with E-state index in [4.69, 9.17) is 5.73 Å². The van der Waals surface area contributed by atoms with E-state index in [1.54, 1.807) is 12.4 Å². The van der Waals surface area contributed by atoms with Crippen molar-refractivity contribution < 1.29 is 0 Å². The summed E-state index contributed by atoms with van der Waals surface area (Å²) in [5.74, 6) is 0.679. The fraction of sp³-hybridized carbons (Fsp3) is 0.273. The number of rotatable bonds is 1. The van der Waals surface area contributed by atoms with Crippen molar-refractivity contribution in [2.75, 3.05) is 0 Å². The number of aromatic nitrogens is 1. The van der Waals surface area contributed by atoms with Crippen molar-refractivity contribution in [1.29, 1.82) is 0 Å². The first-order valence-electron chi connectivity index (χ1n) is 4.61. The second-order valence-corrected chi connectivity index (χ2v) is 3.77. The molecule has 1 aromatic rings. The molecule has 0 amide bonds. The van der Waals surface area contributed by atoms with Gasteiger partial charge in [-0.25, -0.2) is 4.99 Å². The zero-order valence-corrected chi connectivity index (χ0v) is 8.14. The van der Waals surface area contributed by atoms with Gasteiger partial charge < -0.3 is 5.73 Å². The maximum absolute atomic E-state index is 5.73. The molecule has 1 aliphatic rings. The highest BCUT2D eigenvalue weighted by Crippen LogP contribution is 2.30. The van der Waals surface area contributed by atoms with Gasteiger partial charge in [0.25, 0.3) is 0 Å². The average molecular weight is 187 g/mol. The van der Waals surface area contributed by atoms with Gasteiger partial charge in [-0.15, -0.1) is 0 Å². The van der Waals surface area contributed by atoms with Gasteiger partial charge in [0.15, 0.2) is 0 Å². The van der Waals surface area contributed by atoms with E-state index >= 15 is 0 Å². The summed E-state index contributed by atoms with van der Waals surface area (Å²) in [6.07, 6.45) is 8.25. The number of hydrogen-bond acceptors (Lipinski definition) is 3. The van der Waals surface area contributed by atoms with E-state index in [0.717, 1.165) is 6.42 Å². The molecule has 3 heteroatoms. The normalized spacial score (nSPS) is 25.9. The first kappa shape index (κ1) is 8.94. The minimum atomic E-state index is -0.0555. The summed E-state index contributed by atoms with van der Waals surface area (Å²) in [6, 6.07) is 4.01. The van der Waals surface area contributed by atoms with Crippen molar-refractivity contribution >= 4 is 5.84 Å². The molecule has 0 fully saturated rings. The smallest absolute Gasteiger partial charge is 0.100 e. The number of pyridine rings is 1. The highest BCUT2D eigenvalue weighted by Gasteiger charge is 2.26. The van der Waals surface area contributed by atoms with Crippen molar-refractivity contribution in [3.05, 3.63) is 42.4 Å². The van der Waals surface area contributed by atoms with Crippen LogP contribution < -0.4 is 5.73 Å². The molecule has 0 aliphatic carbocycles. The molecule has 1 atom stereocenters. The van der Waals surface area contributed by atoms with Gasteiger partial charge in [0.05, 0.1) is 0 Å². The van der Waals surface area contributed by atoms with E-state index in [9.17, 15) is 0 Å². The number of allylic oxidation sites excluding steroid dienone is 1. The van der Waals surface area contributed by atoms with E-state index in [0.29, 0.717) is 5.84 Å². The molecule has 0 spiro atoms. The van der Waals surface area contributed by atoms with Crippen LogP contribution in [0.15, 0.2) is 41.8 Å². The topological polar surface area (TPSA) is 51.3 Å². The van der Waals surface area contributed by atoms with Gasteiger partial charge >= 0.3 is 0 Å². The first-order chi connectivity index (χ1) is 6.71. The second kappa shape index (κ2) is 3.25. The summed E-state index contributed by atoms with van der Waals surface area (Å²) < 4.78 is 0. The van der Waals surface area contributed by atoms with Crippen LogP contribution in [-0.4, -0.2) is 10.8 Å². The predicted octanol–water partition coefficient (Wildman–Crippen LogP) is 1.61. The van der Waals surface area contributed by atoms with Crippen LogP contribution >= 0.6 is 0 Å². The van der Waals surface area contributed by atoms with Crippen LogP contribution in [0.5, 0.6) is 0 Å². The number of nitrogens with two attached hydrogens (primary N) is 1. The van der Waals surface area contributed by atoms with Crippen molar-refractivity contribution in [2.45, 2.75) is 18.8 Å². The molecule has 0 radical (unpaired) electrons. The van der Waals surface area contributed by atoms with Gasteiger partial charge in [-0.3, -0.25) is 4.98 Å². The van der Waals surface area contributed by atoms with Gasteiger partial charge in [-0.05, 0) is 11.6 Å². The summed E-state index contributed by atoms with van der Waals surface area (Å²) in [5, 5.41) is 0. The molecule has 0 bridgehead atoms. The molecule has 0 saturated carbocycles. The molecule has 0 aromatic carbocycles. The maximum Gasteiger partial charge on any atom is 0.100 e. The van der Waals surface area contributed by atoms with E-state index in [2.05, 4.69) is 29.0 Å². The Morgan fingerprint density at radius 3 is 3.00 bits per heavy atom. The molecule has 14 heavy (non-hydrogen) atoms. The van der Waals surface area contributed by atoms with Gasteiger partial charge in [0.1, 0.15) is 5.84 Å². The van der Waals surface area contributed by atoms with Crippen molar-refractivity contribution in [2.24, 2.45) is 10.7 Å². The van der Waals surface area contributed by atoms with Gasteiger partial charge in [-0.2, -0.15) is 0 Å². The highest BCUT2D eigenvalue weighted by molar-refractivity contribution is 5.83. The Labute approximate surface area is 83.4 Å². The van der Waals surface area contributed by atoms with Crippen LogP contribution in [0, 0.1) is 0 Å². The molecular formula is C11H13N3. The fourth-order valence-corrected chi connectivity index (χ4v) is 1.68. The monoisotopic (exact) mass is 187 g/mol. The average Bonchev–Trinajstić information content (AvgIpc) is 2.19. The molecule has 1 unspecified atom stereocenters. The third-order valence-corrected chi connectivity index (χ3v) is 2.55. The Morgan fingerprint density at radius 2 is 2.36 bits per heavy atom. The third-order valence-electron chi connectivity index (χ3n) is 2.55. The van der Waals surface area contributed by atoms with Crippen LogP contribution in [0.3, 0.4) is 0 Å². The highest BCUT2D eigenvalue weighted by atomic mass is 14.8. The first-order valence-corrected chi connectivity index (χ1v) is 4.61. The molecule has 3 nitrogen and oxygen atoms in total. The minimum Gasteiger partial charge on any atom is -0.387 e. The Kier molecular flexibility index (Phi) is 2.08. The molecule has 72 valence electrons. The summed E-state index contributed by atoms with van der Waals surface area (Å²) >= 11 is 0. The zero-order valence-electron chi connectivity index (χ0n) is 8.14. The molecular weight excluding hydrogens is 174 g/mol. The summed E-state index contributed by atoms with van der Waals surface area (Å²) in [4.78, 5) is 8.16. The molecule has 2 heterocycles. The Balaban J connectivity index is 2.35. The van der Waals surface area contributed by atoms with Crippen LogP contribution in [0.1, 0.15) is 18.9 Å². The summed E-state index contributed by atoms with van der Waals surface area (Å²) in [6.45, 7) is 2.14. The summed E-state index contributed by atoms with van der Waals surface area (Å²) in [5.41, 5.74) is 6.85. The van der Waals surface area contributed by atoms with Gasteiger partial charge in [0, 0.05) is 30.4 Å². The Bertz CT molecular complexity index is 381. The molecule has 1 aromatic heterocycles. The fourth-order valence-electron chi connectivity index (χ4n) is 1.68. The lowest BCUT2D eigenvalue weighted by molar-refractivity contribution is 0.609. The van der Waals surface area contributed by atoms with Crippen LogP contribution in [0.25, 0.3) is 0 Å². The summed E-state index contributed by atoms with van der Waals surface area (Å²) in [7, 11) is 0.